The van der Waals surface area contributed by atoms with E-state index < -0.39 is 29.9 Å². The van der Waals surface area contributed by atoms with Gasteiger partial charge in [0.2, 0.25) is 0 Å². The SMILES string of the molecule is O=C(NC1CN(c2nc3ccccc3cc2CO)CCC1c1ccc(F)cc1)C(F)(F)F. The maximum atomic E-state index is 13.4. The minimum Gasteiger partial charge on any atom is -0.392 e. The molecule has 1 amide bonds. The van der Waals surface area contributed by atoms with Crippen LogP contribution in [0.15, 0.2) is 54.6 Å². The van der Waals surface area contributed by atoms with Gasteiger partial charge in [-0.05, 0) is 36.2 Å². The summed E-state index contributed by atoms with van der Waals surface area (Å²) in [5, 5.41) is 12.8. The summed E-state index contributed by atoms with van der Waals surface area (Å²) in [4.78, 5) is 18.1. The fraction of sp³-hybridized carbons (Fsp3) is 0.304. The van der Waals surface area contributed by atoms with E-state index in [1.54, 1.807) is 11.0 Å². The van der Waals surface area contributed by atoms with Gasteiger partial charge in [0.15, 0.2) is 0 Å². The molecule has 9 heteroatoms. The zero-order valence-electron chi connectivity index (χ0n) is 16.9. The van der Waals surface area contributed by atoms with E-state index in [1.165, 1.54) is 24.3 Å². The number of pyridine rings is 1. The van der Waals surface area contributed by atoms with E-state index in [-0.39, 0.29) is 13.2 Å². The molecule has 0 radical (unpaired) electrons. The first-order valence-corrected chi connectivity index (χ1v) is 10.1. The Balaban J connectivity index is 1.67. The van der Waals surface area contributed by atoms with Crippen molar-refractivity contribution < 1.29 is 27.5 Å². The highest BCUT2D eigenvalue weighted by atomic mass is 19.4. The number of nitrogens with zero attached hydrogens (tertiary/aromatic N) is 2. The molecule has 2 atom stereocenters. The van der Waals surface area contributed by atoms with Crippen LogP contribution in [0.25, 0.3) is 10.9 Å². The molecule has 0 bridgehead atoms. The molecule has 1 fully saturated rings. The molecule has 3 aromatic rings. The van der Waals surface area contributed by atoms with Crippen molar-refractivity contribution in [2.75, 3.05) is 18.0 Å². The number of amides is 1. The number of halogens is 4. The minimum absolute atomic E-state index is 0.0577. The van der Waals surface area contributed by atoms with E-state index in [0.717, 1.165) is 5.39 Å². The number of anilines is 1. The first-order chi connectivity index (χ1) is 15.3. The predicted octanol–water partition coefficient (Wildman–Crippen LogP) is 3.91. The summed E-state index contributed by atoms with van der Waals surface area (Å²) in [5.41, 5.74) is 1.88. The van der Waals surface area contributed by atoms with E-state index in [1.807, 2.05) is 24.3 Å². The van der Waals surface area contributed by atoms with Gasteiger partial charge in [-0.25, -0.2) is 9.37 Å². The average molecular weight is 447 g/mol. The second-order valence-corrected chi connectivity index (χ2v) is 7.79. The molecule has 32 heavy (non-hydrogen) atoms. The van der Waals surface area contributed by atoms with Gasteiger partial charge in [-0.2, -0.15) is 13.2 Å². The van der Waals surface area contributed by atoms with Crippen LogP contribution in [0.4, 0.5) is 23.4 Å². The number of hydrogen-bond acceptors (Lipinski definition) is 4. The molecule has 1 aliphatic rings. The number of para-hydroxylation sites is 1. The highest BCUT2D eigenvalue weighted by Crippen LogP contribution is 2.33. The topological polar surface area (TPSA) is 65.5 Å². The number of aromatic nitrogens is 1. The number of fused-ring (bicyclic) bond motifs is 1. The van der Waals surface area contributed by atoms with Crippen LogP contribution in [0, 0.1) is 5.82 Å². The van der Waals surface area contributed by atoms with Crippen LogP contribution in [0.5, 0.6) is 0 Å². The van der Waals surface area contributed by atoms with Gasteiger partial charge in [0.25, 0.3) is 0 Å². The van der Waals surface area contributed by atoms with Crippen molar-refractivity contribution in [3.8, 4) is 0 Å². The number of rotatable bonds is 4. The van der Waals surface area contributed by atoms with Crippen molar-refractivity contribution in [2.24, 2.45) is 0 Å². The lowest BCUT2D eigenvalue weighted by Gasteiger charge is -2.40. The van der Waals surface area contributed by atoms with Crippen LogP contribution >= 0.6 is 0 Å². The molecule has 0 saturated carbocycles. The van der Waals surface area contributed by atoms with Crippen molar-refractivity contribution in [3.63, 3.8) is 0 Å². The highest BCUT2D eigenvalue weighted by Gasteiger charge is 2.42. The quantitative estimate of drug-likeness (QED) is 0.596. The molecule has 5 nitrogen and oxygen atoms in total. The van der Waals surface area contributed by atoms with Gasteiger partial charge >= 0.3 is 12.1 Å². The number of benzene rings is 2. The molecule has 1 saturated heterocycles. The maximum absolute atomic E-state index is 13.4. The number of hydrogen-bond donors (Lipinski definition) is 2. The van der Waals surface area contributed by atoms with Crippen LogP contribution in [0.3, 0.4) is 0 Å². The van der Waals surface area contributed by atoms with Crippen LogP contribution in [-0.4, -0.2) is 41.3 Å². The van der Waals surface area contributed by atoms with Crippen molar-refractivity contribution in [2.45, 2.75) is 31.2 Å². The molecule has 2 unspecified atom stereocenters. The molecule has 0 spiro atoms. The number of alkyl halides is 3. The highest BCUT2D eigenvalue weighted by molar-refractivity contribution is 5.83. The molecular weight excluding hydrogens is 426 g/mol. The molecular formula is C23H21F4N3O2. The third-order valence-corrected chi connectivity index (χ3v) is 5.73. The minimum atomic E-state index is -5.02. The Morgan fingerprint density at radius 3 is 2.56 bits per heavy atom. The molecule has 1 aromatic heterocycles. The number of aliphatic hydroxyl groups is 1. The first kappa shape index (κ1) is 22.0. The Bertz CT molecular complexity index is 1120. The van der Waals surface area contributed by atoms with E-state index in [4.69, 9.17) is 0 Å². The number of nitrogens with one attached hydrogen (secondary N) is 1. The smallest absolute Gasteiger partial charge is 0.392 e. The Labute approximate surface area is 181 Å². The molecule has 2 aromatic carbocycles. The second-order valence-electron chi connectivity index (χ2n) is 7.79. The third-order valence-electron chi connectivity index (χ3n) is 5.73. The van der Waals surface area contributed by atoms with Crippen molar-refractivity contribution in [3.05, 3.63) is 71.5 Å². The van der Waals surface area contributed by atoms with Gasteiger partial charge in [0, 0.05) is 30.0 Å². The number of aliphatic hydroxyl groups excluding tert-OH is 1. The Morgan fingerprint density at radius 1 is 1.16 bits per heavy atom. The number of piperidine rings is 1. The summed E-state index contributed by atoms with van der Waals surface area (Å²) in [7, 11) is 0. The second kappa shape index (κ2) is 8.74. The van der Waals surface area contributed by atoms with Gasteiger partial charge in [-0.3, -0.25) is 4.79 Å². The molecule has 168 valence electrons. The number of carbonyl (C=O) groups excluding carboxylic acids is 1. The molecule has 1 aliphatic heterocycles. The van der Waals surface area contributed by atoms with Gasteiger partial charge in [0.05, 0.1) is 18.2 Å². The van der Waals surface area contributed by atoms with Gasteiger partial charge in [0.1, 0.15) is 11.6 Å². The van der Waals surface area contributed by atoms with Gasteiger partial charge in [-0.1, -0.05) is 30.3 Å². The fourth-order valence-corrected chi connectivity index (χ4v) is 4.19. The summed E-state index contributed by atoms with van der Waals surface area (Å²) < 4.78 is 52.3. The van der Waals surface area contributed by atoms with E-state index in [2.05, 4.69) is 10.3 Å². The Hall–Kier alpha value is -3.20. The lowest BCUT2D eigenvalue weighted by molar-refractivity contribution is -0.174. The normalized spacial score (nSPS) is 19.2. The summed E-state index contributed by atoms with van der Waals surface area (Å²) in [6.45, 7) is 0.214. The van der Waals surface area contributed by atoms with Crippen LogP contribution in [0.2, 0.25) is 0 Å². The Kier molecular flexibility index (Phi) is 6.01. The van der Waals surface area contributed by atoms with Crippen molar-refractivity contribution in [1.29, 1.82) is 0 Å². The third kappa shape index (κ3) is 4.52. The monoisotopic (exact) mass is 447 g/mol. The summed E-state index contributed by atoms with van der Waals surface area (Å²) >= 11 is 0. The standard InChI is InChI=1S/C23H21F4N3O2/c24-17-7-5-14(6-8-17)18-9-10-30(12-20(18)29-22(32)23(25,26)27)21-16(13-31)11-15-3-1-2-4-19(15)28-21/h1-8,11,18,20,31H,9-10,12-13H2,(H,29,32). The fourth-order valence-electron chi connectivity index (χ4n) is 4.19. The van der Waals surface area contributed by atoms with Crippen molar-refractivity contribution >= 4 is 22.6 Å². The molecule has 2 N–H and O–H groups in total. The summed E-state index contributed by atoms with van der Waals surface area (Å²) in [6.07, 6.45) is -4.61. The van der Waals surface area contributed by atoms with E-state index in [9.17, 15) is 27.5 Å². The predicted molar refractivity (Wildman–Crippen MR) is 112 cm³/mol. The zero-order valence-corrected chi connectivity index (χ0v) is 16.9. The van der Waals surface area contributed by atoms with Crippen LogP contribution in [0.1, 0.15) is 23.5 Å². The van der Waals surface area contributed by atoms with Crippen LogP contribution in [-0.2, 0) is 11.4 Å². The lowest BCUT2D eigenvalue weighted by Crippen LogP contribution is -2.54. The lowest BCUT2D eigenvalue weighted by atomic mass is 9.85. The molecule has 2 heterocycles. The summed E-state index contributed by atoms with van der Waals surface area (Å²) in [6, 6.07) is 13.8. The molecule has 4 rings (SSSR count). The average Bonchev–Trinajstić information content (AvgIpc) is 2.78. The van der Waals surface area contributed by atoms with Crippen LogP contribution < -0.4 is 10.2 Å². The van der Waals surface area contributed by atoms with Gasteiger partial charge in [-0.15, -0.1) is 0 Å². The van der Waals surface area contributed by atoms with E-state index in [0.29, 0.717) is 35.4 Å². The number of carbonyl (C=O) groups is 1. The largest absolute Gasteiger partial charge is 0.471 e. The van der Waals surface area contributed by atoms with Gasteiger partial charge < -0.3 is 15.3 Å². The first-order valence-electron chi connectivity index (χ1n) is 10.1. The Morgan fingerprint density at radius 2 is 1.88 bits per heavy atom. The zero-order chi connectivity index (χ0) is 22.9. The van der Waals surface area contributed by atoms with E-state index >= 15 is 0 Å². The summed E-state index contributed by atoms with van der Waals surface area (Å²) in [5.74, 6) is -2.44. The molecule has 0 aliphatic carbocycles. The van der Waals surface area contributed by atoms with Crippen molar-refractivity contribution in [1.82, 2.24) is 10.3 Å². The maximum Gasteiger partial charge on any atom is 0.471 e.